The van der Waals surface area contributed by atoms with Crippen molar-refractivity contribution in [1.29, 1.82) is 0 Å². The summed E-state index contributed by atoms with van der Waals surface area (Å²) < 4.78 is 9.97. The van der Waals surface area contributed by atoms with Gasteiger partial charge < -0.3 is 25.2 Å². The summed E-state index contributed by atoms with van der Waals surface area (Å²) >= 11 is 0. The zero-order valence-electron chi connectivity index (χ0n) is 11.1. The number of urea groups is 1. The highest BCUT2D eigenvalue weighted by Crippen LogP contribution is 2.05. The molecule has 8 nitrogen and oxygen atoms in total. The van der Waals surface area contributed by atoms with E-state index in [0.29, 0.717) is 32.1 Å². The Labute approximate surface area is 116 Å². The number of carboxylic acid groups (broad SMARTS) is 1. The number of hydrogen-bond acceptors (Lipinski definition) is 5. The maximum atomic E-state index is 11.5. The molecule has 0 radical (unpaired) electrons. The number of pyridine rings is 1. The van der Waals surface area contributed by atoms with Gasteiger partial charge in [0.1, 0.15) is 5.69 Å². The van der Waals surface area contributed by atoms with Gasteiger partial charge in [-0.1, -0.05) is 0 Å². The van der Waals surface area contributed by atoms with E-state index in [4.69, 9.17) is 14.6 Å². The van der Waals surface area contributed by atoms with Gasteiger partial charge in [0.05, 0.1) is 31.7 Å². The zero-order valence-corrected chi connectivity index (χ0v) is 11.1. The van der Waals surface area contributed by atoms with E-state index in [1.807, 2.05) is 0 Å². The van der Waals surface area contributed by atoms with Gasteiger partial charge in [0.15, 0.2) is 0 Å². The maximum Gasteiger partial charge on any atom is 0.354 e. The largest absolute Gasteiger partial charge is 0.477 e. The molecule has 0 saturated carbocycles. The fraction of sp³-hybridized carbons (Fsp3) is 0.417. The molecular formula is C12H17N3O5. The Kier molecular flexibility index (Phi) is 7.01. The molecule has 0 aliphatic heterocycles. The number of nitrogens with one attached hydrogen (secondary N) is 2. The van der Waals surface area contributed by atoms with Crippen LogP contribution in [0, 0.1) is 0 Å². The summed E-state index contributed by atoms with van der Waals surface area (Å²) in [6.45, 7) is 1.72. The standard InChI is InChI=1S/C12H17N3O5/c1-19-6-7-20-5-4-13-12(18)15-9-2-3-10(11(16)17)14-8-9/h2-3,8H,4-7H2,1H3,(H,16,17)(H2,13,15,18). The molecule has 2 amide bonds. The molecule has 20 heavy (non-hydrogen) atoms. The van der Waals surface area contributed by atoms with Gasteiger partial charge in [-0.05, 0) is 12.1 Å². The third-order valence-corrected chi connectivity index (χ3v) is 2.20. The van der Waals surface area contributed by atoms with Gasteiger partial charge in [0, 0.05) is 13.7 Å². The highest BCUT2D eigenvalue weighted by molar-refractivity contribution is 5.90. The molecular weight excluding hydrogens is 266 g/mol. The smallest absolute Gasteiger partial charge is 0.354 e. The summed E-state index contributed by atoms with van der Waals surface area (Å²) in [4.78, 5) is 25.8. The summed E-state index contributed by atoms with van der Waals surface area (Å²) in [5.74, 6) is -1.12. The van der Waals surface area contributed by atoms with Crippen LogP contribution in [-0.4, -0.2) is 55.6 Å². The lowest BCUT2D eigenvalue weighted by molar-refractivity contribution is 0.0690. The van der Waals surface area contributed by atoms with Crippen LogP contribution in [0.2, 0.25) is 0 Å². The minimum Gasteiger partial charge on any atom is -0.477 e. The number of carbonyl (C=O) groups excluding carboxylic acids is 1. The molecule has 0 spiro atoms. The van der Waals surface area contributed by atoms with Crippen LogP contribution < -0.4 is 10.6 Å². The van der Waals surface area contributed by atoms with Crippen molar-refractivity contribution in [1.82, 2.24) is 10.3 Å². The van der Waals surface area contributed by atoms with E-state index in [-0.39, 0.29) is 5.69 Å². The first-order chi connectivity index (χ1) is 9.63. The second-order valence-corrected chi connectivity index (χ2v) is 3.72. The van der Waals surface area contributed by atoms with E-state index in [0.717, 1.165) is 0 Å². The number of rotatable bonds is 8. The predicted molar refractivity (Wildman–Crippen MR) is 70.9 cm³/mol. The van der Waals surface area contributed by atoms with Crippen LogP contribution in [-0.2, 0) is 9.47 Å². The molecule has 3 N–H and O–H groups in total. The number of carboxylic acids is 1. The molecule has 0 aliphatic carbocycles. The fourth-order valence-electron chi connectivity index (χ4n) is 1.25. The highest BCUT2D eigenvalue weighted by atomic mass is 16.5. The Balaban J connectivity index is 2.23. The number of anilines is 1. The van der Waals surface area contributed by atoms with E-state index >= 15 is 0 Å². The van der Waals surface area contributed by atoms with Crippen LogP contribution in [0.1, 0.15) is 10.5 Å². The minimum atomic E-state index is -1.12. The van der Waals surface area contributed by atoms with E-state index < -0.39 is 12.0 Å². The number of aromatic carboxylic acids is 1. The number of hydrogen-bond donors (Lipinski definition) is 3. The van der Waals surface area contributed by atoms with Gasteiger partial charge in [0.25, 0.3) is 0 Å². The lowest BCUT2D eigenvalue weighted by Gasteiger charge is -2.08. The summed E-state index contributed by atoms with van der Waals surface area (Å²) in [6, 6.07) is 2.36. The van der Waals surface area contributed by atoms with E-state index in [1.54, 1.807) is 7.11 Å². The minimum absolute atomic E-state index is 0.0810. The quantitative estimate of drug-likeness (QED) is 0.601. The van der Waals surface area contributed by atoms with Crippen LogP contribution in [0.5, 0.6) is 0 Å². The van der Waals surface area contributed by atoms with E-state index in [2.05, 4.69) is 15.6 Å². The number of ether oxygens (including phenoxy) is 2. The number of aromatic nitrogens is 1. The molecule has 0 bridgehead atoms. The first-order valence-corrected chi connectivity index (χ1v) is 5.94. The van der Waals surface area contributed by atoms with Crippen molar-refractivity contribution in [3.05, 3.63) is 24.0 Å². The van der Waals surface area contributed by atoms with Crippen LogP contribution in [0.4, 0.5) is 10.5 Å². The van der Waals surface area contributed by atoms with Crippen molar-refractivity contribution < 1.29 is 24.2 Å². The summed E-state index contributed by atoms with van der Waals surface area (Å²) in [5.41, 5.74) is 0.329. The molecule has 1 aromatic rings. The average molecular weight is 283 g/mol. The van der Waals surface area contributed by atoms with E-state index in [1.165, 1.54) is 18.3 Å². The maximum absolute atomic E-state index is 11.5. The lowest BCUT2D eigenvalue weighted by Crippen LogP contribution is -2.31. The van der Waals surface area contributed by atoms with Crippen molar-refractivity contribution in [2.24, 2.45) is 0 Å². The Morgan fingerprint density at radius 3 is 2.70 bits per heavy atom. The van der Waals surface area contributed by atoms with Crippen LogP contribution in [0.3, 0.4) is 0 Å². The van der Waals surface area contributed by atoms with Gasteiger partial charge in [-0.3, -0.25) is 0 Å². The van der Waals surface area contributed by atoms with Crippen LogP contribution in [0.15, 0.2) is 18.3 Å². The van der Waals surface area contributed by atoms with Crippen LogP contribution >= 0.6 is 0 Å². The highest BCUT2D eigenvalue weighted by Gasteiger charge is 2.05. The van der Waals surface area contributed by atoms with Gasteiger partial charge in [-0.2, -0.15) is 0 Å². The third kappa shape index (κ3) is 6.12. The molecule has 1 heterocycles. The van der Waals surface area contributed by atoms with Gasteiger partial charge in [-0.25, -0.2) is 14.6 Å². The Hall–Kier alpha value is -2.19. The molecule has 0 fully saturated rings. The number of carbonyl (C=O) groups is 2. The lowest BCUT2D eigenvalue weighted by atomic mass is 10.3. The molecule has 110 valence electrons. The first-order valence-electron chi connectivity index (χ1n) is 5.94. The fourth-order valence-corrected chi connectivity index (χ4v) is 1.25. The molecule has 1 rings (SSSR count). The van der Waals surface area contributed by atoms with Gasteiger partial charge in [0.2, 0.25) is 0 Å². The first kappa shape index (κ1) is 15.9. The molecule has 0 atom stereocenters. The Bertz CT molecular complexity index is 435. The van der Waals surface area contributed by atoms with Crippen molar-refractivity contribution in [3.8, 4) is 0 Å². The molecule has 8 heteroatoms. The summed E-state index contributed by atoms with van der Waals surface area (Å²) in [6.07, 6.45) is 1.28. The SMILES string of the molecule is COCCOCCNC(=O)Nc1ccc(C(=O)O)nc1. The monoisotopic (exact) mass is 283 g/mol. The van der Waals surface area contributed by atoms with Crippen LogP contribution in [0.25, 0.3) is 0 Å². The zero-order chi connectivity index (χ0) is 14.8. The predicted octanol–water partition coefficient (Wildman–Crippen LogP) is 0.564. The Morgan fingerprint density at radius 2 is 2.10 bits per heavy atom. The molecule has 0 saturated heterocycles. The van der Waals surface area contributed by atoms with Crippen molar-refractivity contribution >= 4 is 17.7 Å². The van der Waals surface area contributed by atoms with Gasteiger partial charge >= 0.3 is 12.0 Å². The average Bonchev–Trinajstić information content (AvgIpc) is 2.43. The number of methoxy groups -OCH3 is 1. The van der Waals surface area contributed by atoms with E-state index in [9.17, 15) is 9.59 Å². The summed E-state index contributed by atoms with van der Waals surface area (Å²) in [5, 5.41) is 13.8. The summed E-state index contributed by atoms with van der Waals surface area (Å²) in [7, 11) is 1.58. The normalized spacial score (nSPS) is 10.1. The number of amides is 2. The molecule has 1 aromatic heterocycles. The van der Waals surface area contributed by atoms with Crippen molar-refractivity contribution in [3.63, 3.8) is 0 Å². The topological polar surface area (TPSA) is 110 Å². The third-order valence-electron chi connectivity index (χ3n) is 2.20. The van der Waals surface area contributed by atoms with Crippen molar-refractivity contribution in [2.75, 3.05) is 38.8 Å². The second kappa shape index (κ2) is 8.83. The molecule has 0 aliphatic rings. The Morgan fingerprint density at radius 1 is 1.30 bits per heavy atom. The second-order valence-electron chi connectivity index (χ2n) is 3.72. The molecule has 0 aromatic carbocycles. The van der Waals surface area contributed by atoms with Crippen molar-refractivity contribution in [2.45, 2.75) is 0 Å². The number of nitrogens with zero attached hydrogens (tertiary/aromatic N) is 1. The van der Waals surface area contributed by atoms with Gasteiger partial charge in [-0.15, -0.1) is 0 Å². The molecule has 0 unspecified atom stereocenters.